The van der Waals surface area contributed by atoms with E-state index in [9.17, 15) is 9.90 Å². The second-order valence-electron chi connectivity index (χ2n) is 4.81. The molecule has 2 aromatic rings. The molecule has 0 radical (unpaired) electrons. The lowest BCUT2D eigenvalue weighted by molar-refractivity contribution is 0.0690. The molecule has 0 atom stereocenters. The summed E-state index contributed by atoms with van der Waals surface area (Å²) in [5.74, 6) is 1.00. The lowest BCUT2D eigenvalue weighted by Gasteiger charge is -2.11. The van der Waals surface area contributed by atoms with Gasteiger partial charge in [0.1, 0.15) is 16.4 Å². The predicted octanol–water partition coefficient (Wildman–Crippen LogP) is 2.59. The van der Waals surface area contributed by atoms with Gasteiger partial charge in [-0.15, -0.1) is 10.2 Å². The van der Waals surface area contributed by atoms with Crippen molar-refractivity contribution >= 4 is 17.7 Å². The van der Waals surface area contributed by atoms with Crippen LogP contribution in [0, 0.1) is 13.8 Å². The van der Waals surface area contributed by atoms with Crippen LogP contribution in [-0.4, -0.2) is 31.2 Å². The summed E-state index contributed by atoms with van der Waals surface area (Å²) in [6.45, 7) is 7.31. The number of carbonyl (C=O) groups is 1. The Labute approximate surface area is 126 Å². The van der Waals surface area contributed by atoms with Gasteiger partial charge in [-0.1, -0.05) is 25.6 Å². The van der Waals surface area contributed by atoms with Crippen LogP contribution < -0.4 is 0 Å². The summed E-state index contributed by atoms with van der Waals surface area (Å²) in [4.78, 5) is 20.0. The van der Waals surface area contributed by atoms with Crippen LogP contribution >= 0.6 is 11.8 Å². The summed E-state index contributed by atoms with van der Waals surface area (Å²) >= 11 is 1.26. The first-order valence-electron chi connectivity index (χ1n) is 6.42. The first-order chi connectivity index (χ1) is 9.88. The third kappa shape index (κ3) is 3.57. The summed E-state index contributed by atoms with van der Waals surface area (Å²) in [7, 11) is 0. The average Bonchev–Trinajstić information content (AvgIpc) is 2.80. The number of aromatic carboxylic acids is 1. The van der Waals surface area contributed by atoms with E-state index in [1.165, 1.54) is 11.8 Å². The van der Waals surface area contributed by atoms with Crippen molar-refractivity contribution in [3.05, 3.63) is 28.9 Å². The van der Waals surface area contributed by atoms with E-state index >= 15 is 0 Å². The number of carboxylic acids is 1. The number of aromatic nitrogens is 4. The topological polar surface area (TPSA) is 102 Å². The average molecular weight is 308 g/mol. The molecular formula is C13H16N4O3S. The Morgan fingerprint density at radius 1 is 1.29 bits per heavy atom. The minimum Gasteiger partial charge on any atom is -0.478 e. The van der Waals surface area contributed by atoms with Crippen LogP contribution in [-0.2, 0) is 5.75 Å². The molecule has 2 rings (SSSR count). The van der Waals surface area contributed by atoms with E-state index in [0.29, 0.717) is 34.1 Å². The van der Waals surface area contributed by atoms with Crippen LogP contribution in [0.25, 0.3) is 0 Å². The molecule has 7 nitrogen and oxygen atoms in total. The Morgan fingerprint density at radius 3 is 2.52 bits per heavy atom. The highest BCUT2D eigenvalue weighted by molar-refractivity contribution is 7.98. The molecule has 112 valence electrons. The van der Waals surface area contributed by atoms with Crippen LogP contribution in [0.1, 0.15) is 53.4 Å². The summed E-state index contributed by atoms with van der Waals surface area (Å²) < 4.78 is 5.28. The van der Waals surface area contributed by atoms with Gasteiger partial charge in [-0.05, 0) is 6.92 Å². The summed E-state index contributed by atoms with van der Waals surface area (Å²) in [5.41, 5.74) is 0.589. The lowest BCUT2D eigenvalue weighted by Crippen LogP contribution is -2.10. The fourth-order valence-corrected chi connectivity index (χ4v) is 2.62. The number of rotatable bonds is 5. The Balaban J connectivity index is 2.32. The SMILES string of the molecule is Cc1nnc(CSc2nc(C(C)C)nc(C)c2C(=O)O)o1. The number of carboxylic acid groups (broad SMARTS) is 1. The van der Waals surface area contributed by atoms with Gasteiger partial charge in [-0.25, -0.2) is 14.8 Å². The van der Waals surface area contributed by atoms with Gasteiger partial charge in [-0.2, -0.15) is 0 Å². The molecule has 0 aliphatic rings. The predicted molar refractivity (Wildman–Crippen MR) is 76.4 cm³/mol. The van der Waals surface area contributed by atoms with Gasteiger partial charge in [0.15, 0.2) is 0 Å². The van der Waals surface area contributed by atoms with E-state index in [1.54, 1.807) is 13.8 Å². The Morgan fingerprint density at radius 2 is 2.00 bits per heavy atom. The van der Waals surface area contributed by atoms with Crippen molar-refractivity contribution in [3.63, 3.8) is 0 Å². The van der Waals surface area contributed by atoms with Gasteiger partial charge in [0.25, 0.3) is 0 Å². The highest BCUT2D eigenvalue weighted by Gasteiger charge is 2.20. The van der Waals surface area contributed by atoms with Crippen LogP contribution in [0.3, 0.4) is 0 Å². The molecule has 0 amide bonds. The molecule has 0 aliphatic heterocycles. The number of hydrogen-bond acceptors (Lipinski definition) is 7. The molecule has 0 aliphatic carbocycles. The van der Waals surface area contributed by atoms with E-state index < -0.39 is 5.97 Å². The van der Waals surface area contributed by atoms with Crippen molar-refractivity contribution < 1.29 is 14.3 Å². The second kappa shape index (κ2) is 6.21. The van der Waals surface area contributed by atoms with Crippen LogP contribution in [0.2, 0.25) is 0 Å². The van der Waals surface area contributed by atoms with Gasteiger partial charge < -0.3 is 9.52 Å². The van der Waals surface area contributed by atoms with E-state index in [0.717, 1.165) is 0 Å². The molecule has 1 N–H and O–H groups in total. The van der Waals surface area contributed by atoms with Crippen molar-refractivity contribution in [1.29, 1.82) is 0 Å². The smallest absolute Gasteiger partial charge is 0.340 e. The van der Waals surface area contributed by atoms with Crippen LogP contribution in [0.5, 0.6) is 0 Å². The van der Waals surface area contributed by atoms with Crippen molar-refractivity contribution in [2.24, 2.45) is 0 Å². The molecule has 2 heterocycles. The fraction of sp³-hybridized carbons (Fsp3) is 0.462. The quantitative estimate of drug-likeness (QED) is 0.664. The Kier molecular flexibility index (Phi) is 4.56. The highest BCUT2D eigenvalue weighted by atomic mass is 32.2. The molecule has 0 unspecified atom stereocenters. The van der Waals surface area contributed by atoms with Gasteiger partial charge >= 0.3 is 5.97 Å². The normalized spacial score (nSPS) is 11.1. The maximum Gasteiger partial charge on any atom is 0.340 e. The van der Waals surface area contributed by atoms with E-state index in [1.807, 2.05) is 13.8 Å². The molecule has 0 fully saturated rings. The van der Waals surface area contributed by atoms with Crippen LogP contribution in [0.15, 0.2) is 9.44 Å². The Hall–Kier alpha value is -1.96. The maximum atomic E-state index is 11.4. The minimum atomic E-state index is -1.04. The Bertz CT molecular complexity index is 669. The molecule has 0 aromatic carbocycles. The number of thioether (sulfide) groups is 1. The molecule has 8 heteroatoms. The zero-order valence-corrected chi connectivity index (χ0v) is 13.1. The molecule has 2 aromatic heterocycles. The third-order valence-electron chi connectivity index (χ3n) is 2.70. The van der Waals surface area contributed by atoms with Gasteiger partial charge in [-0.3, -0.25) is 0 Å². The summed E-state index contributed by atoms with van der Waals surface area (Å²) in [6, 6.07) is 0. The van der Waals surface area contributed by atoms with Crippen molar-refractivity contribution in [1.82, 2.24) is 20.2 Å². The number of hydrogen-bond donors (Lipinski definition) is 1. The lowest BCUT2D eigenvalue weighted by atomic mass is 10.2. The zero-order chi connectivity index (χ0) is 15.6. The van der Waals surface area contributed by atoms with Crippen LogP contribution in [0.4, 0.5) is 0 Å². The fourth-order valence-electron chi connectivity index (χ4n) is 1.70. The highest BCUT2D eigenvalue weighted by Crippen LogP contribution is 2.27. The van der Waals surface area contributed by atoms with Crippen molar-refractivity contribution in [2.75, 3.05) is 0 Å². The van der Waals surface area contributed by atoms with Crippen molar-refractivity contribution in [2.45, 2.75) is 44.4 Å². The van der Waals surface area contributed by atoms with Crippen molar-refractivity contribution in [3.8, 4) is 0 Å². The monoisotopic (exact) mass is 308 g/mol. The largest absolute Gasteiger partial charge is 0.478 e. The van der Waals surface area contributed by atoms with E-state index in [2.05, 4.69) is 20.2 Å². The van der Waals surface area contributed by atoms with Gasteiger partial charge in [0.05, 0.1) is 11.4 Å². The zero-order valence-electron chi connectivity index (χ0n) is 12.2. The molecule has 0 saturated heterocycles. The standard InChI is InChI=1S/C13H16N4O3S/c1-6(2)11-14-7(3)10(13(18)19)12(15-11)21-5-9-17-16-8(4)20-9/h6H,5H2,1-4H3,(H,18,19). The first-order valence-corrected chi connectivity index (χ1v) is 7.40. The third-order valence-corrected chi connectivity index (χ3v) is 3.66. The number of aryl methyl sites for hydroxylation is 2. The molecule has 0 spiro atoms. The molecule has 0 bridgehead atoms. The van der Waals surface area contributed by atoms with Gasteiger partial charge in [0.2, 0.25) is 11.8 Å². The molecular weight excluding hydrogens is 292 g/mol. The maximum absolute atomic E-state index is 11.4. The molecule has 0 saturated carbocycles. The minimum absolute atomic E-state index is 0.122. The van der Waals surface area contributed by atoms with E-state index in [4.69, 9.17) is 4.42 Å². The summed E-state index contributed by atoms with van der Waals surface area (Å²) in [6.07, 6.45) is 0. The molecule has 21 heavy (non-hydrogen) atoms. The summed E-state index contributed by atoms with van der Waals surface area (Å²) in [5, 5.41) is 17.4. The van der Waals surface area contributed by atoms with Gasteiger partial charge in [0, 0.05) is 12.8 Å². The number of nitrogens with zero attached hydrogens (tertiary/aromatic N) is 4. The second-order valence-corrected chi connectivity index (χ2v) is 5.77. The first kappa shape index (κ1) is 15.4. The van der Waals surface area contributed by atoms with E-state index in [-0.39, 0.29) is 11.5 Å².